The molecule has 1 atom stereocenters. The predicted molar refractivity (Wildman–Crippen MR) is 40.5 cm³/mol. The lowest BCUT2D eigenvalue weighted by Gasteiger charge is -2.03. The molecule has 3 heteroatoms. The Morgan fingerprint density at radius 2 is 2.50 bits per heavy atom. The van der Waals surface area contributed by atoms with Crippen LogP contribution in [0.25, 0.3) is 0 Å². The van der Waals surface area contributed by atoms with E-state index in [4.69, 9.17) is 9.94 Å². The maximum absolute atomic E-state index is 7.96. The maximum Gasteiger partial charge on any atom is 0.0852 e. The molecule has 0 amide bonds. The van der Waals surface area contributed by atoms with Gasteiger partial charge in [0.2, 0.25) is 0 Å². The first kappa shape index (κ1) is 9.17. The molecule has 0 aliphatic heterocycles. The van der Waals surface area contributed by atoms with Crippen LogP contribution < -0.4 is 0 Å². The van der Waals surface area contributed by atoms with Crippen molar-refractivity contribution in [2.75, 3.05) is 13.2 Å². The van der Waals surface area contributed by atoms with Gasteiger partial charge in [0.25, 0.3) is 0 Å². The van der Waals surface area contributed by atoms with Gasteiger partial charge in [-0.05, 0) is 5.92 Å². The highest BCUT2D eigenvalue weighted by atomic mass is 16.5. The molecule has 58 valence electrons. The Hall–Kier alpha value is -0.830. The number of nitrogens with zero attached hydrogens (tertiary/aromatic N) is 1. The third-order valence-corrected chi connectivity index (χ3v) is 1.06. The smallest absolute Gasteiger partial charge is 0.0852 e. The summed E-state index contributed by atoms with van der Waals surface area (Å²) in [6.07, 6.45) is 3.12. The van der Waals surface area contributed by atoms with Gasteiger partial charge in [-0.25, -0.2) is 0 Å². The van der Waals surface area contributed by atoms with E-state index in [0.717, 1.165) is 0 Å². The Labute approximate surface area is 61.0 Å². The van der Waals surface area contributed by atoms with E-state index in [9.17, 15) is 0 Å². The van der Waals surface area contributed by atoms with Gasteiger partial charge in [0.1, 0.15) is 0 Å². The molecule has 0 aromatic carbocycles. The van der Waals surface area contributed by atoms with Crippen molar-refractivity contribution in [3.05, 3.63) is 12.7 Å². The van der Waals surface area contributed by atoms with Crippen molar-refractivity contribution < 1.29 is 9.94 Å². The van der Waals surface area contributed by atoms with E-state index in [1.165, 1.54) is 6.21 Å². The standard InChI is InChI=1S/C7H13NO2/c1-3-7(2)6-10-5-4-8-9/h3-4,7,9H,1,5-6H2,2H3/b8-4+. The first-order chi connectivity index (χ1) is 4.81. The van der Waals surface area contributed by atoms with Gasteiger partial charge < -0.3 is 9.94 Å². The van der Waals surface area contributed by atoms with Crippen LogP contribution in [0.5, 0.6) is 0 Å². The van der Waals surface area contributed by atoms with Gasteiger partial charge in [-0.15, -0.1) is 6.58 Å². The highest BCUT2D eigenvalue weighted by Crippen LogP contribution is 1.94. The molecule has 0 aliphatic rings. The second-order valence-corrected chi connectivity index (χ2v) is 2.05. The quantitative estimate of drug-likeness (QED) is 0.207. The second kappa shape index (κ2) is 6.29. The summed E-state index contributed by atoms with van der Waals surface area (Å²) in [5.41, 5.74) is 0. The lowest BCUT2D eigenvalue weighted by Crippen LogP contribution is -2.04. The molecule has 0 aromatic rings. The number of oxime groups is 1. The summed E-state index contributed by atoms with van der Waals surface area (Å²) in [4.78, 5) is 0. The minimum absolute atomic E-state index is 0.354. The minimum Gasteiger partial charge on any atom is -0.411 e. The lowest BCUT2D eigenvalue weighted by molar-refractivity contribution is 0.151. The Morgan fingerprint density at radius 1 is 1.80 bits per heavy atom. The monoisotopic (exact) mass is 143 g/mol. The van der Waals surface area contributed by atoms with Crippen LogP contribution in [-0.2, 0) is 4.74 Å². The van der Waals surface area contributed by atoms with Crippen LogP contribution in [0.4, 0.5) is 0 Å². The predicted octanol–water partition coefficient (Wildman–Crippen LogP) is 1.29. The number of hydrogen-bond acceptors (Lipinski definition) is 3. The van der Waals surface area contributed by atoms with Gasteiger partial charge in [-0.3, -0.25) is 0 Å². The zero-order chi connectivity index (χ0) is 7.82. The molecule has 0 radical (unpaired) electrons. The zero-order valence-electron chi connectivity index (χ0n) is 6.16. The summed E-state index contributed by atoms with van der Waals surface area (Å²) < 4.78 is 5.05. The summed E-state index contributed by atoms with van der Waals surface area (Å²) in [5, 5.41) is 10.7. The maximum atomic E-state index is 7.96. The van der Waals surface area contributed by atoms with Gasteiger partial charge in [0, 0.05) is 0 Å². The summed E-state index contributed by atoms with van der Waals surface area (Å²) in [5.74, 6) is 0.354. The molecule has 0 saturated heterocycles. The first-order valence-corrected chi connectivity index (χ1v) is 3.17. The minimum atomic E-state index is 0.354. The molecule has 3 nitrogen and oxygen atoms in total. The molecule has 1 N–H and O–H groups in total. The fourth-order valence-corrected chi connectivity index (χ4v) is 0.408. The summed E-state index contributed by atoms with van der Waals surface area (Å²) in [6, 6.07) is 0. The second-order valence-electron chi connectivity index (χ2n) is 2.05. The van der Waals surface area contributed by atoms with Crippen LogP contribution in [0.2, 0.25) is 0 Å². The number of hydrogen-bond donors (Lipinski definition) is 1. The summed E-state index contributed by atoms with van der Waals surface area (Å²) >= 11 is 0. The Kier molecular flexibility index (Phi) is 5.77. The normalized spacial score (nSPS) is 13.7. The summed E-state index contributed by atoms with van der Waals surface area (Å²) in [6.45, 7) is 6.58. The van der Waals surface area contributed by atoms with Crippen LogP contribution in [-0.4, -0.2) is 24.6 Å². The fourth-order valence-electron chi connectivity index (χ4n) is 0.408. The van der Waals surface area contributed by atoms with E-state index in [1.807, 2.05) is 13.0 Å². The number of ether oxygens (including phenoxy) is 1. The Morgan fingerprint density at radius 3 is 3.00 bits per heavy atom. The van der Waals surface area contributed by atoms with Crippen LogP contribution >= 0.6 is 0 Å². The molecule has 0 aliphatic carbocycles. The average molecular weight is 143 g/mol. The third-order valence-electron chi connectivity index (χ3n) is 1.06. The van der Waals surface area contributed by atoms with Crippen LogP contribution in [0, 0.1) is 5.92 Å². The van der Waals surface area contributed by atoms with E-state index in [1.54, 1.807) is 0 Å². The van der Waals surface area contributed by atoms with Gasteiger partial charge in [0.05, 0.1) is 19.4 Å². The van der Waals surface area contributed by atoms with Gasteiger partial charge in [-0.2, -0.15) is 0 Å². The van der Waals surface area contributed by atoms with E-state index < -0.39 is 0 Å². The van der Waals surface area contributed by atoms with E-state index >= 15 is 0 Å². The molecule has 0 fully saturated rings. The fraction of sp³-hybridized carbons (Fsp3) is 0.571. The van der Waals surface area contributed by atoms with Crippen molar-refractivity contribution in [2.24, 2.45) is 11.1 Å². The molecule has 10 heavy (non-hydrogen) atoms. The Bertz CT molecular complexity index is 112. The van der Waals surface area contributed by atoms with Gasteiger partial charge >= 0.3 is 0 Å². The van der Waals surface area contributed by atoms with Crippen molar-refractivity contribution in [1.82, 2.24) is 0 Å². The highest BCUT2D eigenvalue weighted by molar-refractivity contribution is 5.57. The SMILES string of the molecule is C=CC(C)COC/C=N/O. The molecule has 0 heterocycles. The Balaban J connectivity index is 3.11. The molecular weight excluding hydrogens is 130 g/mol. The number of rotatable bonds is 5. The van der Waals surface area contributed by atoms with Gasteiger partial charge in [-0.1, -0.05) is 18.2 Å². The highest BCUT2D eigenvalue weighted by Gasteiger charge is 1.92. The van der Waals surface area contributed by atoms with Gasteiger partial charge in [0.15, 0.2) is 0 Å². The average Bonchev–Trinajstić information content (AvgIpc) is 1.98. The molecule has 1 unspecified atom stereocenters. The van der Waals surface area contributed by atoms with Crippen molar-refractivity contribution in [3.8, 4) is 0 Å². The van der Waals surface area contributed by atoms with E-state index in [2.05, 4.69) is 11.7 Å². The largest absolute Gasteiger partial charge is 0.411 e. The molecule has 0 aromatic heterocycles. The topological polar surface area (TPSA) is 41.8 Å². The van der Waals surface area contributed by atoms with Crippen molar-refractivity contribution in [2.45, 2.75) is 6.92 Å². The molecule has 0 bridgehead atoms. The molecular formula is C7H13NO2. The van der Waals surface area contributed by atoms with Crippen LogP contribution in [0.3, 0.4) is 0 Å². The zero-order valence-corrected chi connectivity index (χ0v) is 6.16. The van der Waals surface area contributed by atoms with Crippen LogP contribution in [0.1, 0.15) is 6.92 Å². The van der Waals surface area contributed by atoms with Crippen molar-refractivity contribution in [1.29, 1.82) is 0 Å². The van der Waals surface area contributed by atoms with Crippen LogP contribution in [0.15, 0.2) is 17.8 Å². The molecule has 0 rings (SSSR count). The van der Waals surface area contributed by atoms with E-state index in [0.29, 0.717) is 19.1 Å². The third kappa shape index (κ3) is 5.31. The van der Waals surface area contributed by atoms with Crippen molar-refractivity contribution >= 4 is 6.21 Å². The lowest BCUT2D eigenvalue weighted by atomic mass is 10.2. The molecule has 0 spiro atoms. The van der Waals surface area contributed by atoms with E-state index in [-0.39, 0.29) is 0 Å². The van der Waals surface area contributed by atoms with Crippen molar-refractivity contribution in [3.63, 3.8) is 0 Å². The first-order valence-electron chi connectivity index (χ1n) is 3.17. The summed E-state index contributed by atoms with van der Waals surface area (Å²) in [7, 11) is 0. The molecule has 0 saturated carbocycles.